The SMILES string of the molecule is N#Cc1c(N(c2ccc(-c3ccccc3)cc2)c2ccc(-c3ccccc3)cc2)c(F)c(N(c2ccc(-c3ccccc3)cc2)c2ccc(-c3ccccc3)cc2)c(F)c1N(c1ccc(-c2ccccc2)cc1)c1ccc(-c2ccccc2)cc1. The molecule has 13 rings (SSSR count). The van der Waals surface area contributed by atoms with Crippen molar-refractivity contribution in [1.29, 1.82) is 5.26 Å². The molecule has 0 aliphatic rings. The van der Waals surface area contributed by atoms with E-state index in [9.17, 15) is 5.26 Å². The summed E-state index contributed by atoms with van der Waals surface area (Å²) in [6.07, 6.45) is 0. The summed E-state index contributed by atoms with van der Waals surface area (Å²) in [7, 11) is 0. The lowest BCUT2D eigenvalue weighted by Crippen LogP contribution is -2.23. The Morgan fingerprint density at radius 1 is 0.200 bits per heavy atom. The quantitative estimate of drug-likeness (QED) is 0.102. The number of halogens is 2. The zero-order valence-corrected chi connectivity index (χ0v) is 46.2. The molecule has 0 unspecified atom stereocenters. The maximum absolute atomic E-state index is 19.8. The number of rotatable bonds is 15. The van der Waals surface area contributed by atoms with Crippen LogP contribution in [0.3, 0.4) is 0 Å². The Kier molecular flexibility index (Phi) is 14.9. The summed E-state index contributed by atoms with van der Waals surface area (Å²) in [6.45, 7) is 0. The summed E-state index contributed by atoms with van der Waals surface area (Å²) in [5.74, 6) is -1.90. The van der Waals surface area contributed by atoms with Crippen molar-refractivity contribution in [2.24, 2.45) is 0 Å². The molecule has 6 heteroatoms. The van der Waals surface area contributed by atoms with E-state index in [1.807, 2.05) is 328 Å². The molecule has 0 saturated carbocycles. The van der Waals surface area contributed by atoms with Gasteiger partial charge in [0, 0.05) is 34.1 Å². The van der Waals surface area contributed by atoms with Crippen LogP contribution in [0.25, 0.3) is 66.8 Å². The minimum Gasteiger partial charge on any atom is -0.306 e. The van der Waals surface area contributed by atoms with E-state index in [1.165, 1.54) is 0 Å². The number of hydrogen-bond donors (Lipinski definition) is 0. The maximum Gasteiger partial charge on any atom is 0.175 e. The molecule has 0 atom stereocenters. The molecule has 0 aromatic heterocycles. The van der Waals surface area contributed by atoms with Gasteiger partial charge in [-0.15, -0.1) is 0 Å². The first-order valence-corrected chi connectivity index (χ1v) is 28.3. The van der Waals surface area contributed by atoms with Crippen LogP contribution in [0.15, 0.2) is 328 Å². The van der Waals surface area contributed by atoms with Gasteiger partial charge in [0.25, 0.3) is 0 Å². The molecule has 0 radical (unpaired) electrons. The van der Waals surface area contributed by atoms with Crippen LogP contribution in [0.4, 0.5) is 60.0 Å². The molecule has 0 amide bonds. The van der Waals surface area contributed by atoms with E-state index < -0.39 is 11.6 Å². The molecule has 404 valence electrons. The lowest BCUT2D eigenvalue weighted by atomic mass is 9.99. The van der Waals surface area contributed by atoms with Crippen molar-refractivity contribution in [2.45, 2.75) is 0 Å². The Morgan fingerprint density at radius 2 is 0.353 bits per heavy atom. The highest BCUT2D eigenvalue weighted by molar-refractivity contribution is 5.96. The van der Waals surface area contributed by atoms with Crippen LogP contribution in [0.1, 0.15) is 5.56 Å². The molecule has 0 bridgehead atoms. The van der Waals surface area contributed by atoms with E-state index in [1.54, 1.807) is 14.7 Å². The van der Waals surface area contributed by atoms with Gasteiger partial charge in [-0.25, -0.2) is 8.78 Å². The number of nitrogens with zero attached hydrogens (tertiary/aromatic N) is 4. The maximum atomic E-state index is 19.8. The Hall–Kier alpha value is -11.4. The number of nitriles is 1. The molecule has 0 aliphatic carbocycles. The Labute approximate surface area is 494 Å². The van der Waals surface area contributed by atoms with E-state index in [-0.39, 0.29) is 22.6 Å². The third-order valence-electron chi connectivity index (χ3n) is 15.5. The third-order valence-corrected chi connectivity index (χ3v) is 15.5. The average Bonchev–Trinajstić information content (AvgIpc) is 1.12. The molecule has 0 fully saturated rings. The lowest BCUT2D eigenvalue weighted by molar-refractivity contribution is 0.586. The van der Waals surface area contributed by atoms with Gasteiger partial charge in [0.15, 0.2) is 11.6 Å². The van der Waals surface area contributed by atoms with Gasteiger partial charge in [0.05, 0.1) is 0 Å². The van der Waals surface area contributed by atoms with Crippen molar-refractivity contribution < 1.29 is 8.78 Å². The summed E-state index contributed by atoms with van der Waals surface area (Å²) in [5.41, 5.74) is 13.9. The van der Waals surface area contributed by atoms with E-state index >= 15 is 8.78 Å². The van der Waals surface area contributed by atoms with Crippen molar-refractivity contribution in [3.05, 3.63) is 345 Å². The van der Waals surface area contributed by atoms with Gasteiger partial charge in [-0.3, -0.25) is 0 Å². The Bertz CT molecular complexity index is 3960. The topological polar surface area (TPSA) is 33.5 Å². The highest BCUT2D eigenvalue weighted by Crippen LogP contribution is 2.53. The van der Waals surface area contributed by atoms with Crippen LogP contribution in [0.5, 0.6) is 0 Å². The van der Waals surface area contributed by atoms with Crippen molar-refractivity contribution in [3.8, 4) is 72.8 Å². The minimum atomic E-state index is -0.949. The van der Waals surface area contributed by atoms with Crippen LogP contribution in [0, 0.1) is 23.0 Å². The second-order valence-electron chi connectivity index (χ2n) is 20.6. The van der Waals surface area contributed by atoms with Gasteiger partial charge in [0.1, 0.15) is 28.7 Å². The molecule has 0 N–H and O–H groups in total. The molecule has 0 aliphatic heterocycles. The molecule has 0 saturated heterocycles. The fraction of sp³-hybridized carbons (Fsp3) is 0. The highest BCUT2D eigenvalue weighted by Gasteiger charge is 2.37. The predicted molar refractivity (Wildman–Crippen MR) is 348 cm³/mol. The predicted octanol–water partition coefficient (Wildman–Crippen LogP) is 22.2. The van der Waals surface area contributed by atoms with Crippen LogP contribution in [-0.4, -0.2) is 0 Å². The lowest BCUT2D eigenvalue weighted by Gasteiger charge is -2.35. The third kappa shape index (κ3) is 10.9. The smallest absolute Gasteiger partial charge is 0.175 e. The van der Waals surface area contributed by atoms with E-state index in [0.717, 1.165) is 66.8 Å². The van der Waals surface area contributed by atoms with Gasteiger partial charge in [-0.05, 0) is 140 Å². The first-order chi connectivity index (χ1) is 42.0. The van der Waals surface area contributed by atoms with Gasteiger partial charge >= 0.3 is 0 Å². The summed E-state index contributed by atoms with van der Waals surface area (Å²) >= 11 is 0. The summed E-state index contributed by atoms with van der Waals surface area (Å²) in [5, 5.41) is 12.1. The Morgan fingerprint density at radius 3 is 0.518 bits per heavy atom. The average molecular weight is 1100 g/mol. The normalized spacial score (nSPS) is 10.9. The molecule has 0 heterocycles. The Balaban J connectivity index is 1.11. The summed E-state index contributed by atoms with van der Waals surface area (Å²) < 4.78 is 39.7. The molecule has 13 aromatic carbocycles. The summed E-state index contributed by atoms with van der Waals surface area (Å²) in [4.78, 5) is 5.16. The van der Waals surface area contributed by atoms with Gasteiger partial charge in [0.2, 0.25) is 0 Å². The van der Waals surface area contributed by atoms with Crippen molar-refractivity contribution in [2.75, 3.05) is 14.7 Å². The monoisotopic (exact) mass is 1100 g/mol. The molecular weight excluding hydrogens is 1040 g/mol. The van der Waals surface area contributed by atoms with E-state index in [4.69, 9.17) is 0 Å². The van der Waals surface area contributed by atoms with Crippen LogP contribution in [-0.2, 0) is 0 Å². The van der Waals surface area contributed by atoms with Crippen LogP contribution >= 0.6 is 0 Å². The largest absolute Gasteiger partial charge is 0.306 e. The van der Waals surface area contributed by atoms with Crippen LogP contribution < -0.4 is 14.7 Å². The first-order valence-electron chi connectivity index (χ1n) is 28.3. The minimum absolute atomic E-state index is 0.146. The highest BCUT2D eigenvalue weighted by atomic mass is 19.1. The fourth-order valence-electron chi connectivity index (χ4n) is 11.2. The molecule has 13 aromatic rings. The second-order valence-corrected chi connectivity index (χ2v) is 20.6. The fourth-order valence-corrected chi connectivity index (χ4v) is 11.2. The second kappa shape index (κ2) is 24.0. The van der Waals surface area contributed by atoms with Gasteiger partial charge in [-0.2, -0.15) is 5.26 Å². The number of benzene rings is 13. The standard InChI is InChI=1S/C79H54F2N4/c80-75-77(83(68-43-31-62(32-44-68)56-19-7-1-8-20-56)69-45-33-63(34-46-69)57-21-9-2-10-22-57)74(55-82)78(84(70-47-35-64(36-48-70)58-23-11-3-12-24-58)71-49-37-65(38-50-71)59-25-13-4-14-26-59)76(81)79(75)85(72-51-39-66(40-52-72)60-27-15-5-16-28-60)73-53-41-67(42-54-73)61-29-17-6-18-30-61/h1-54H. The zero-order chi connectivity index (χ0) is 57.5. The van der Waals surface area contributed by atoms with Crippen molar-refractivity contribution in [1.82, 2.24) is 0 Å². The van der Waals surface area contributed by atoms with Crippen molar-refractivity contribution >= 4 is 51.2 Å². The van der Waals surface area contributed by atoms with Crippen LogP contribution in [0.2, 0.25) is 0 Å². The molecule has 4 nitrogen and oxygen atoms in total. The number of hydrogen-bond acceptors (Lipinski definition) is 4. The van der Waals surface area contributed by atoms with E-state index in [0.29, 0.717) is 34.1 Å². The first kappa shape index (κ1) is 53.0. The molecule has 0 spiro atoms. The van der Waals surface area contributed by atoms with E-state index in [2.05, 4.69) is 6.07 Å². The number of anilines is 9. The van der Waals surface area contributed by atoms with Gasteiger partial charge < -0.3 is 14.7 Å². The molecular formula is C79H54F2N4. The van der Waals surface area contributed by atoms with Crippen molar-refractivity contribution in [3.63, 3.8) is 0 Å². The zero-order valence-electron chi connectivity index (χ0n) is 46.2. The molecule has 85 heavy (non-hydrogen) atoms. The van der Waals surface area contributed by atoms with Gasteiger partial charge in [-0.1, -0.05) is 255 Å². The summed E-state index contributed by atoms with van der Waals surface area (Å²) in [6, 6.07) is 110.